The Bertz CT molecular complexity index is 1700. The molecule has 5 rings (SSSR count). The monoisotopic (exact) mass is 583 g/mol. The van der Waals surface area contributed by atoms with Crippen molar-refractivity contribution >= 4 is 44.0 Å². The molecule has 0 bridgehead atoms. The molecule has 1 unspecified atom stereocenters. The molecule has 2 aromatic carbocycles. The lowest BCUT2D eigenvalue weighted by Gasteiger charge is -2.36. The van der Waals surface area contributed by atoms with E-state index in [0.717, 1.165) is 44.7 Å². The van der Waals surface area contributed by atoms with Gasteiger partial charge in [0.05, 0.1) is 29.1 Å². The van der Waals surface area contributed by atoms with E-state index >= 15 is 0 Å². The molecule has 0 spiro atoms. The van der Waals surface area contributed by atoms with Crippen molar-refractivity contribution in [2.45, 2.75) is 24.3 Å². The van der Waals surface area contributed by atoms with Crippen LogP contribution in [0.25, 0.3) is 22.2 Å². The van der Waals surface area contributed by atoms with Gasteiger partial charge in [-0.15, -0.1) is 0 Å². The molecule has 2 aromatic heterocycles. The number of carbonyl (C=O) groups excluding carboxylic acids is 1. The fourth-order valence-corrected chi connectivity index (χ4v) is 5.81. The van der Waals surface area contributed by atoms with Crippen molar-refractivity contribution in [3.63, 3.8) is 0 Å². The number of aromatic nitrogens is 3. The number of nitrogens with zero attached hydrogens (tertiary/aromatic N) is 4. The average Bonchev–Trinajstić information content (AvgIpc) is 3.37. The molecule has 0 saturated carbocycles. The third-order valence-electron chi connectivity index (χ3n) is 7.25. The molecule has 3 heterocycles. The number of piperazine rings is 1. The van der Waals surface area contributed by atoms with Crippen LogP contribution >= 0.6 is 0 Å². The van der Waals surface area contributed by atoms with Crippen LogP contribution in [0, 0.1) is 11.6 Å². The molecule has 1 atom stereocenters. The zero-order chi connectivity index (χ0) is 29.3. The van der Waals surface area contributed by atoms with Crippen LogP contribution in [0.1, 0.15) is 13.3 Å². The van der Waals surface area contributed by atoms with Crippen molar-refractivity contribution in [1.82, 2.24) is 24.8 Å². The predicted octanol–water partition coefficient (Wildman–Crippen LogP) is 4.01. The summed E-state index contributed by atoms with van der Waals surface area (Å²) in [6.45, 7) is 5.41. The Morgan fingerprint density at radius 1 is 1.10 bits per heavy atom. The van der Waals surface area contributed by atoms with E-state index in [9.17, 15) is 22.0 Å². The smallest absolute Gasteiger partial charge is 0.241 e. The third kappa shape index (κ3) is 5.92. The summed E-state index contributed by atoms with van der Waals surface area (Å²) in [5.74, 6) is -1.93. The first-order valence-corrected chi connectivity index (χ1v) is 15.1. The quantitative estimate of drug-likeness (QED) is 0.284. The normalized spacial score (nSPS) is 15.6. The highest BCUT2D eigenvalue weighted by Crippen LogP contribution is 2.34. The number of amides is 1. The zero-order valence-corrected chi connectivity index (χ0v) is 23.7. The van der Waals surface area contributed by atoms with Crippen molar-refractivity contribution in [2.75, 3.05) is 50.1 Å². The largest absolute Gasteiger partial charge is 0.359 e. The van der Waals surface area contributed by atoms with Gasteiger partial charge in [-0.3, -0.25) is 9.69 Å². The van der Waals surface area contributed by atoms with E-state index in [4.69, 9.17) is 0 Å². The van der Waals surface area contributed by atoms with E-state index in [2.05, 4.69) is 42.4 Å². The summed E-state index contributed by atoms with van der Waals surface area (Å²) in [7, 11) is -1.74. The minimum Gasteiger partial charge on any atom is -0.359 e. The van der Waals surface area contributed by atoms with Crippen LogP contribution in [0.4, 0.5) is 26.1 Å². The lowest BCUT2D eigenvalue weighted by Crippen LogP contribution is -2.52. The van der Waals surface area contributed by atoms with Gasteiger partial charge in [0.1, 0.15) is 10.6 Å². The number of sulfone groups is 1. The minimum absolute atomic E-state index is 0.0548. The number of fused-ring (bicyclic) bond motifs is 1. The summed E-state index contributed by atoms with van der Waals surface area (Å²) < 4.78 is 53.7. The maximum Gasteiger partial charge on any atom is 0.241 e. The molecule has 13 heteroatoms. The van der Waals surface area contributed by atoms with Gasteiger partial charge in [-0.25, -0.2) is 27.2 Å². The van der Waals surface area contributed by atoms with Gasteiger partial charge >= 0.3 is 0 Å². The topological polar surface area (TPSA) is 123 Å². The van der Waals surface area contributed by atoms with E-state index in [1.807, 2.05) is 6.92 Å². The van der Waals surface area contributed by atoms with Gasteiger partial charge in [-0.05, 0) is 31.7 Å². The van der Waals surface area contributed by atoms with E-state index < -0.39 is 26.4 Å². The Labute approximate surface area is 236 Å². The summed E-state index contributed by atoms with van der Waals surface area (Å²) in [6, 6.07) is 8.91. The van der Waals surface area contributed by atoms with Crippen LogP contribution in [0.5, 0.6) is 0 Å². The maximum absolute atomic E-state index is 15.0. The Morgan fingerprint density at radius 3 is 2.51 bits per heavy atom. The number of nitrogens with one attached hydrogen (secondary N) is 3. The molecule has 1 amide bonds. The molecule has 10 nitrogen and oxygen atoms in total. The van der Waals surface area contributed by atoms with Gasteiger partial charge in [-0.1, -0.05) is 25.1 Å². The molecule has 1 aliphatic heterocycles. The Balaban J connectivity index is 1.43. The summed E-state index contributed by atoms with van der Waals surface area (Å²) in [5.41, 5.74) is 1.35. The minimum atomic E-state index is -3.81. The SMILES string of the molecule is CCC(C(=O)Nc1cccc2c(-c3nc(Nc4cccc(S(C)(=O)=O)c4F)ncc3F)c[nH]c12)N1CCN(C)CC1. The van der Waals surface area contributed by atoms with Gasteiger partial charge in [0.25, 0.3) is 0 Å². The standard InChI is InChI=1S/C28H31F2N7O3S/c1-4-22(37-13-11-36(2)12-14-37)27(38)33-21-9-5-7-17-18(15-31-26(17)21)25-19(29)16-32-28(35-25)34-20-8-6-10-23(24(20)30)41(3,39)40/h5-10,15-16,22,31H,4,11-14H2,1-3H3,(H,33,38)(H,32,34,35). The molecule has 41 heavy (non-hydrogen) atoms. The van der Waals surface area contributed by atoms with Crippen molar-refractivity contribution in [3.8, 4) is 11.3 Å². The van der Waals surface area contributed by atoms with Crippen LogP contribution in [0.3, 0.4) is 0 Å². The van der Waals surface area contributed by atoms with E-state index in [-0.39, 0.29) is 29.3 Å². The van der Waals surface area contributed by atoms with Crippen molar-refractivity contribution in [2.24, 2.45) is 0 Å². The fourth-order valence-electron chi connectivity index (χ4n) is 5.04. The molecule has 216 valence electrons. The number of anilines is 3. The number of carbonyl (C=O) groups is 1. The second-order valence-corrected chi connectivity index (χ2v) is 12.1. The van der Waals surface area contributed by atoms with Crippen LogP contribution in [0.2, 0.25) is 0 Å². The molecule has 1 fully saturated rings. The van der Waals surface area contributed by atoms with Crippen LogP contribution in [-0.2, 0) is 14.6 Å². The third-order valence-corrected chi connectivity index (χ3v) is 8.36. The first-order valence-electron chi connectivity index (χ1n) is 13.2. The number of H-pyrrole nitrogens is 1. The number of benzene rings is 2. The first-order chi connectivity index (χ1) is 19.6. The Kier molecular flexibility index (Phi) is 8.02. The molecular weight excluding hydrogens is 552 g/mol. The van der Waals surface area contributed by atoms with Crippen LogP contribution in [-0.4, -0.2) is 84.6 Å². The number of hydrogen-bond donors (Lipinski definition) is 3. The molecular formula is C28H31F2N7O3S. The zero-order valence-electron chi connectivity index (χ0n) is 22.9. The van der Waals surface area contributed by atoms with Gasteiger partial charge in [0.15, 0.2) is 21.5 Å². The Hall–Kier alpha value is -3.94. The summed E-state index contributed by atoms with van der Waals surface area (Å²) in [5, 5.41) is 6.30. The van der Waals surface area contributed by atoms with E-state index in [1.54, 1.807) is 24.4 Å². The molecule has 4 aromatic rings. The highest BCUT2D eigenvalue weighted by Gasteiger charge is 2.27. The number of likely N-dealkylation sites (N-methyl/N-ethyl adjacent to an activating group) is 1. The summed E-state index contributed by atoms with van der Waals surface area (Å²) >= 11 is 0. The summed E-state index contributed by atoms with van der Waals surface area (Å²) in [6.07, 6.45) is 4.11. The highest BCUT2D eigenvalue weighted by atomic mass is 32.2. The highest BCUT2D eigenvalue weighted by molar-refractivity contribution is 7.90. The second kappa shape index (κ2) is 11.5. The molecule has 1 aliphatic rings. The molecule has 0 aliphatic carbocycles. The fraction of sp³-hybridized carbons (Fsp3) is 0.321. The van der Waals surface area contributed by atoms with Gasteiger partial charge in [0, 0.05) is 49.6 Å². The number of halogens is 2. The second-order valence-electron chi connectivity index (χ2n) is 10.1. The molecule has 0 radical (unpaired) electrons. The van der Waals surface area contributed by atoms with Crippen molar-refractivity contribution in [1.29, 1.82) is 0 Å². The predicted molar refractivity (Wildman–Crippen MR) is 154 cm³/mol. The van der Waals surface area contributed by atoms with E-state index in [0.29, 0.717) is 28.6 Å². The van der Waals surface area contributed by atoms with Crippen LogP contribution < -0.4 is 10.6 Å². The van der Waals surface area contributed by atoms with Crippen molar-refractivity contribution in [3.05, 3.63) is 60.4 Å². The van der Waals surface area contributed by atoms with Crippen LogP contribution in [0.15, 0.2) is 53.7 Å². The average molecular weight is 584 g/mol. The summed E-state index contributed by atoms with van der Waals surface area (Å²) in [4.78, 5) is 28.5. The molecule has 3 N–H and O–H groups in total. The Morgan fingerprint density at radius 2 is 1.80 bits per heavy atom. The number of para-hydroxylation sites is 1. The van der Waals surface area contributed by atoms with E-state index in [1.165, 1.54) is 12.1 Å². The lowest BCUT2D eigenvalue weighted by atomic mass is 10.1. The molecule has 1 saturated heterocycles. The maximum atomic E-state index is 15.0. The van der Waals surface area contributed by atoms with Gasteiger partial charge < -0.3 is 20.5 Å². The number of rotatable bonds is 8. The number of hydrogen-bond acceptors (Lipinski definition) is 8. The van der Waals surface area contributed by atoms with Gasteiger partial charge in [-0.2, -0.15) is 0 Å². The lowest BCUT2D eigenvalue weighted by molar-refractivity contribution is -0.122. The van der Waals surface area contributed by atoms with Crippen molar-refractivity contribution < 1.29 is 22.0 Å². The van der Waals surface area contributed by atoms with Gasteiger partial charge in [0.2, 0.25) is 11.9 Å². The first kappa shape index (κ1) is 28.6. The number of aromatic amines is 1.